The summed E-state index contributed by atoms with van der Waals surface area (Å²) in [6.07, 6.45) is -2.01. The molecule has 618 valence electrons. The minimum Gasteiger partial charge on any atom is -0.444 e. The average molecular weight is 1640 g/mol. The van der Waals surface area contributed by atoms with E-state index in [1.165, 1.54) is 21.6 Å². The molecule has 112 heavy (non-hydrogen) atoms. The van der Waals surface area contributed by atoms with Crippen LogP contribution in [0, 0.1) is 46.5 Å². The van der Waals surface area contributed by atoms with Gasteiger partial charge in [0.15, 0.2) is 52.3 Å². The highest BCUT2D eigenvalue weighted by molar-refractivity contribution is 7.86. The Hall–Kier alpha value is -9.87. The second-order valence-electron chi connectivity index (χ2n) is 26.0. The van der Waals surface area contributed by atoms with Gasteiger partial charge in [-0.15, -0.1) is 0 Å². The fourth-order valence-electron chi connectivity index (χ4n) is 12.9. The number of hydrogen-bond donors (Lipinski definition) is 1. The van der Waals surface area contributed by atoms with E-state index in [1.54, 1.807) is 4.90 Å². The lowest BCUT2D eigenvalue weighted by Crippen LogP contribution is -2.45. The lowest BCUT2D eigenvalue weighted by atomic mass is 10.0. The number of azide groups is 1. The van der Waals surface area contributed by atoms with Gasteiger partial charge in [-0.25, -0.2) is 54.3 Å². The third-order valence-corrected chi connectivity index (χ3v) is 19.3. The molecular formula is C70H90F8N12O20S2. The molecule has 0 saturated carbocycles. The number of carbonyl (C=O) groups excluding carboxylic acids is 8. The highest BCUT2D eigenvalue weighted by Gasteiger charge is 2.43. The summed E-state index contributed by atoms with van der Waals surface area (Å²) in [5.74, 6) is -7.28. The normalized spacial score (nSPS) is 20.8. The molecule has 32 nitrogen and oxygen atoms in total. The molecule has 4 aromatic carbocycles. The summed E-state index contributed by atoms with van der Waals surface area (Å²) < 4.78 is 201. The van der Waals surface area contributed by atoms with Crippen LogP contribution >= 0.6 is 0 Å². The molecule has 4 aromatic rings. The van der Waals surface area contributed by atoms with Crippen LogP contribution in [-0.4, -0.2) is 225 Å². The fourth-order valence-corrected chi connectivity index (χ4v) is 13.7. The van der Waals surface area contributed by atoms with E-state index < -0.39 is 121 Å². The van der Waals surface area contributed by atoms with Crippen molar-refractivity contribution in [2.24, 2.45) is 5.11 Å². The number of halogens is 8. The molecule has 13 rings (SSSR count). The van der Waals surface area contributed by atoms with Gasteiger partial charge >= 0.3 is 24.4 Å². The summed E-state index contributed by atoms with van der Waals surface area (Å²) in [5, 5.41) is 5.86. The van der Waals surface area contributed by atoms with Crippen LogP contribution in [0.1, 0.15) is 88.0 Å². The predicted molar refractivity (Wildman–Crippen MR) is 393 cm³/mol. The first-order valence-corrected chi connectivity index (χ1v) is 37.4. The zero-order valence-corrected chi connectivity index (χ0v) is 59.9. The molecule has 9 fully saturated rings. The molecule has 9 saturated heterocycles. The largest absolute Gasteiger partial charge is 0.444 e. The number of ketones is 3. The zero-order valence-electron chi connectivity index (χ0n) is 58.2. The third-order valence-electron chi connectivity index (χ3n) is 18.2. The second-order valence-corrected chi connectivity index (χ2v) is 29.3. The lowest BCUT2D eigenvalue weighted by molar-refractivity contribution is -0.169. The number of nitrogens with zero attached hydrogens (tertiary/aromatic N) is 11. The topological polar surface area (TPSA) is 365 Å². The van der Waals surface area contributed by atoms with E-state index >= 15 is 0 Å². The molecular weight excluding hydrogens is 1540 g/mol. The molecule has 9 aliphatic heterocycles. The molecule has 4 atom stereocenters. The first-order chi connectivity index (χ1) is 51.1. The Bertz CT molecular complexity index is 4300. The van der Waals surface area contributed by atoms with Gasteiger partial charge in [-0.3, -0.25) is 47.1 Å². The molecule has 1 spiro atoms. The van der Waals surface area contributed by atoms with E-state index in [2.05, 4.69) is 23.7 Å². The number of benzene rings is 4. The SMILES string of the molecule is C.C.C.C.CC(=O)NC[C@H]1CN(c2cc(F)c(N3CCC(=O)CC3)c(F)c2)C(=O)O1.CS(=O)(=O)OC[C@H]1CN(c2cc(F)c(N3CCC(=O)CC3)c(F)c2)C(=O)O1.CS(=O)(=O)OC[C@H]1CN(c2cc(F)c(N3CCC4(CC3)OCCO4)c(F)c2)C(=O)O1.[N-]=[N+]=NC[C@H]1CN(c2cc(F)c(N3CCC(=O)CC3)c(F)c2)C(=O)O1. The monoisotopic (exact) mass is 1630 g/mol. The minimum absolute atomic E-state index is 0. The number of rotatable bonds is 18. The molecule has 9 aliphatic rings. The lowest BCUT2D eigenvalue weighted by Gasteiger charge is -2.38. The van der Waals surface area contributed by atoms with Crippen molar-refractivity contribution in [3.63, 3.8) is 0 Å². The van der Waals surface area contributed by atoms with E-state index in [0.717, 1.165) is 80.6 Å². The Labute approximate surface area is 641 Å². The first-order valence-electron chi connectivity index (χ1n) is 33.8. The smallest absolute Gasteiger partial charge is 0.414 e. The van der Waals surface area contributed by atoms with Crippen LogP contribution < -0.4 is 44.5 Å². The Morgan fingerprint density at radius 2 is 0.723 bits per heavy atom. The summed E-state index contributed by atoms with van der Waals surface area (Å²) in [6, 6.07) is 8.43. The number of carbonyl (C=O) groups is 8. The number of piperidine rings is 4. The summed E-state index contributed by atoms with van der Waals surface area (Å²) in [5.41, 5.74) is 7.51. The van der Waals surface area contributed by atoms with Gasteiger partial charge in [0, 0.05) is 164 Å². The van der Waals surface area contributed by atoms with Gasteiger partial charge in [-0.1, -0.05) is 34.8 Å². The van der Waals surface area contributed by atoms with Gasteiger partial charge in [0.2, 0.25) is 5.91 Å². The van der Waals surface area contributed by atoms with E-state index in [4.69, 9.17) is 34.0 Å². The molecule has 1 N–H and O–H groups in total. The maximum absolute atomic E-state index is 14.8. The highest BCUT2D eigenvalue weighted by atomic mass is 32.2. The molecule has 0 aromatic heterocycles. The van der Waals surface area contributed by atoms with E-state index in [9.17, 15) is 90.3 Å². The minimum atomic E-state index is -3.71. The summed E-state index contributed by atoms with van der Waals surface area (Å²) in [7, 11) is -7.41. The van der Waals surface area contributed by atoms with Gasteiger partial charge in [0.1, 0.15) is 77.7 Å². The first kappa shape index (κ1) is 91.0. The highest BCUT2D eigenvalue weighted by Crippen LogP contribution is 2.40. The van der Waals surface area contributed by atoms with Crippen molar-refractivity contribution in [1.29, 1.82) is 0 Å². The van der Waals surface area contributed by atoms with Gasteiger partial charge in [-0.05, 0) is 5.53 Å². The van der Waals surface area contributed by atoms with Crippen LogP contribution in [0.25, 0.3) is 10.4 Å². The average Bonchev–Trinajstić information content (AvgIpc) is 1.39. The third kappa shape index (κ3) is 23.2. The van der Waals surface area contributed by atoms with Crippen molar-refractivity contribution in [1.82, 2.24) is 5.32 Å². The maximum atomic E-state index is 14.8. The van der Waals surface area contributed by atoms with Crippen molar-refractivity contribution >= 4 is 113 Å². The molecule has 42 heteroatoms. The number of hydrogen-bond acceptors (Lipinski definition) is 25. The van der Waals surface area contributed by atoms with Crippen LogP contribution in [0.3, 0.4) is 0 Å². The molecule has 0 aliphatic carbocycles. The fraction of sp³-hybridized carbons (Fsp3) is 0.543. The van der Waals surface area contributed by atoms with E-state index in [-0.39, 0.29) is 229 Å². The molecule has 0 bridgehead atoms. The van der Waals surface area contributed by atoms with Crippen LogP contribution in [0.2, 0.25) is 0 Å². The van der Waals surface area contributed by atoms with Crippen molar-refractivity contribution in [3.8, 4) is 0 Å². The molecule has 9 heterocycles. The summed E-state index contributed by atoms with van der Waals surface area (Å²) in [6.45, 7) is 3.82. The number of ether oxygens (including phenoxy) is 6. The number of cyclic esters (lactones) is 4. The molecule has 0 radical (unpaired) electrons. The van der Waals surface area contributed by atoms with Crippen molar-refractivity contribution in [2.45, 2.75) is 118 Å². The van der Waals surface area contributed by atoms with Gasteiger partial charge in [0.05, 0.1) is 87.7 Å². The van der Waals surface area contributed by atoms with Gasteiger partial charge in [-0.2, -0.15) is 16.8 Å². The predicted octanol–water partition coefficient (Wildman–Crippen LogP) is 9.95. The number of Topliss-reactive ketones (excluding diaryl/α,β-unsaturated/α-hetero) is 3. The van der Waals surface area contributed by atoms with Crippen LogP contribution in [0.4, 0.5) is 99.8 Å². The maximum Gasteiger partial charge on any atom is 0.414 e. The Kier molecular flexibility index (Phi) is 31.7. The van der Waals surface area contributed by atoms with Crippen molar-refractivity contribution in [2.75, 3.05) is 170 Å². The molecule has 5 amide bonds. The summed E-state index contributed by atoms with van der Waals surface area (Å²) >= 11 is 0. The number of amides is 5. The van der Waals surface area contributed by atoms with Crippen molar-refractivity contribution in [3.05, 3.63) is 106 Å². The Morgan fingerprint density at radius 3 is 1.00 bits per heavy atom. The van der Waals surface area contributed by atoms with Crippen LogP contribution in [-0.2, 0) is 76.2 Å². The second kappa shape index (κ2) is 39.1. The Morgan fingerprint density at radius 1 is 0.464 bits per heavy atom. The summed E-state index contributed by atoms with van der Waals surface area (Å²) in [4.78, 5) is 106. The Balaban J connectivity index is 0.000000231. The van der Waals surface area contributed by atoms with Gasteiger partial charge < -0.3 is 53.3 Å². The van der Waals surface area contributed by atoms with Crippen LogP contribution in [0.5, 0.6) is 0 Å². The molecule has 0 unspecified atom stereocenters. The standard InChI is InChI=1S/C18H22F2N2O7S.C17H19F2N3O4.C16H18F2N2O6S.C15H15F2N5O3.4CH4/c1-30(24,25)28-11-13-10-22(17(23)29-13)12-8-14(19)16(15(20)9-12)21-4-2-18(3-5-21)26-6-7-27-18;1-10(23)20-8-13-9-22(17(25)26-13)11-6-14(18)16(15(19)7-11)21-4-2-12(24)3-5-21;1-27(23,24)25-9-12-8-20(16(22)26-12)10-6-13(17)15(14(18)7-10)19-4-2-11(21)3-5-19;16-12-5-9(22-8-11(7-19-20-18)25-15(22)24)6-13(17)14(12)21-3-1-10(23)2-4-21;;;;/h8-9,13H,2-7,10-11H2,1H3;6-7,13H,2-5,8-9H2,1H3,(H,20,23);6-7,12H,2-5,8-9H2,1H3;5-6,11H,1-4,7-8H2;4*1H4/t2*13-;12-;11-;;;;/m1010..../s1. The van der Waals surface area contributed by atoms with Crippen LogP contribution in [0.15, 0.2) is 53.6 Å². The number of anilines is 8. The number of nitrogens with one attached hydrogen (secondary N) is 1. The van der Waals surface area contributed by atoms with Crippen molar-refractivity contribution < 1.29 is 127 Å². The quantitative estimate of drug-likeness (QED) is 0.0242. The van der Waals surface area contributed by atoms with E-state index in [1.807, 2.05) is 0 Å². The zero-order chi connectivity index (χ0) is 78.1. The van der Waals surface area contributed by atoms with E-state index in [0.29, 0.717) is 39.1 Å². The van der Waals surface area contributed by atoms with Gasteiger partial charge in [0.25, 0.3) is 20.2 Å².